The minimum Gasteiger partial charge on any atom is -0.548 e. The Bertz CT molecular complexity index is 999. The summed E-state index contributed by atoms with van der Waals surface area (Å²) in [6.45, 7) is 0. The number of nitrogens with one attached hydrogen (secondary N) is 1. The molecular formula is C18H15N2O4S-. The van der Waals surface area contributed by atoms with Crippen LogP contribution in [0.25, 0.3) is 10.9 Å². The molecule has 0 aliphatic rings. The molecule has 3 aromatic rings. The quantitative estimate of drug-likeness (QED) is 0.707. The molecule has 1 N–H and O–H groups in total. The minimum absolute atomic E-state index is 0.0133. The number of rotatable bonds is 6. The zero-order chi connectivity index (χ0) is 17.9. The summed E-state index contributed by atoms with van der Waals surface area (Å²) in [6.07, 6.45) is 1.47. The van der Waals surface area contributed by atoms with Crippen molar-refractivity contribution in [2.24, 2.45) is 0 Å². The van der Waals surface area contributed by atoms with Crippen LogP contribution in [0.4, 0.5) is 0 Å². The molecule has 0 aliphatic heterocycles. The van der Waals surface area contributed by atoms with Gasteiger partial charge in [0.1, 0.15) is 4.90 Å². The lowest BCUT2D eigenvalue weighted by molar-refractivity contribution is -0.307. The maximum atomic E-state index is 12.7. The van der Waals surface area contributed by atoms with E-state index in [1.807, 2.05) is 0 Å². The second-order valence-corrected chi connectivity index (χ2v) is 7.20. The Morgan fingerprint density at radius 2 is 1.76 bits per heavy atom. The van der Waals surface area contributed by atoms with Crippen molar-refractivity contribution in [2.45, 2.75) is 17.4 Å². The number of carbonyl (C=O) groups is 1. The molecule has 0 aliphatic carbocycles. The van der Waals surface area contributed by atoms with Crippen LogP contribution in [0.3, 0.4) is 0 Å². The Labute approximate surface area is 145 Å². The molecule has 0 bridgehead atoms. The molecule has 0 saturated heterocycles. The third kappa shape index (κ3) is 3.84. The van der Waals surface area contributed by atoms with Crippen molar-refractivity contribution in [1.82, 2.24) is 9.71 Å². The zero-order valence-electron chi connectivity index (χ0n) is 13.1. The lowest BCUT2D eigenvalue weighted by atomic mass is 10.1. The molecule has 0 spiro atoms. The highest BCUT2D eigenvalue weighted by Gasteiger charge is 2.23. The van der Waals surface area contributed by atoms with Crippen molar-refractivity contribution in [3.05, 3.63) is 72.4 Å². The van der Waals surface area contributed by atoms with Gasteiger partial charge >= 0.3 is 0 Å². The van der Waals surface area contributed by atoms with Crippen LogP contribution in [0.5, 0.6) is 0 Å². The van der Waals surface area contributed by atoms with Gasteiger partial charge in [-0.05, 0) is 24.1 Å². The first-order chi connectivity index (χ1) is 12.0. The van der Waals surface area contributed by atoms with Gasteiger partial charge in [-0.2, -0.15) is 0 Å². The monoisotopic (exact) mass is 355 g/mol. The Kier molecular flexibility index (Phi) is 4.78. The number of fused-ring (bicyclic) bond motifs is 1. The van der Waals surface area contributed by atoms with Crippen LogP contribution >= 0.6 is 0 Å². The van der Waals surface area contributed by atoms with E-state index in [0.29, 0.717) is 10.9 Å². The lowest BCUT2D eigenvalue weighted by Crippen LogP contribution is -2.49. The summed E-state index contributed by atoms with van der Waals surface area (Å²) in [4.78, 5) is 15.5. The summed E-state index contributed by atoms with van der Waals surface area (Å²) < 4.78 is 27.6. The van der Waals surface area contributed by atoms with Gasteiger partial charge in [0.2, 0.25) is 10.0 Å². The molecule has 0 fully saturated rings. The van der Waals surface area contributed by atoms with E-state index in [4.69, 9.17) is 0 Å². The molecule has 128 valence electrons. The zero-order valence-corrected chi connectivity index (χ0v) is 13.9. The smallest absolute Gasteiger partial charge is 0.243 e. The van der Waals surface area contributed by atoms with Gasteiger partial charge in [0.25, 0.3) is 0 Å². The largest absolute Gasteiger partial charge is 0.548 e. The molecule has 1 unspecified atom stereocenters. The van der Waals surface area contributed by atoms with E-state index in [1.165, 1.54) is 12.3 Å². The number of pyridine rings is 1. The fraction of sp³-hybridized carbons (Fsp3) is 0.111. The standard InChI is InChI=1S/C18H16N2O4S/c21-18(22)15(12-13-6-2-1-3-7-13)20-25(23,24)16-10-4-8-14-9-5-11-19-17(14)16/h1-11,15,20H,12H2,(H,21,22)/p-1. The van der Waals surface area contributed by atoms with Crippen LogP contribution in [-0.2, 0) is 21.2 Å². The average Bonchev–Trinajstić information content (AvgIpc) is 2.61. The summed E-state index contributed by atoms with van der Waals surface area (Å²) in [5, 5.41) is 12.1. The van der Waals surface area contributed by atoms with E-state index < -0.39 is 22.0 Å². The van der Waals surface area contributed by atoms with Crippen LogP contribution in [0.1, 0.15) is 5.56 Å². The maximum Gasteiger partial charge on any atom is 0.243 e. The fourth-order valence-electron chi connectivity index (χ4n) is 2.57. The molecule has 6 nitrogen and oxygen atoms in total. The predicted molar refractivity (Wildman–Crippen MR) is 91.0 cm³/mol. The number of hydrogen-bond acceptors (Lipinski definition) is 5. The molecule has 25 heavy (non-hydrogen) atoms. The van der Waals surface area contributed by atoms with E-state index >= 15 is 0 Å². The van der Waals surface area contributed by atoms with Gasteiger partial charge in [-0.25, -0.2) is 13.1 Å². The molecule has 1 atom stereocenters. The molecular weight excluding hydrogens is 340 g/mol. The molecule has 0 saturated carbocycles. The summed E-state index contributed by atoms with van der Waals surface area (Å²) in [6, 6.07) is 15.5. The van der Waals surface area contributed by atoms with Crippen molar-refractivity contribution < 1.29 is 18.3 Å². The van der Waals surface area contributed by atoms with Crippen LogP contribution < -0.4 is 9.83 Å². The molecule has 0 radical (unpaired) electrons. The Balaban J connectivity index is 1.94. The van der Waals surface area contributed by atoms with Gasteiger partial charge in [-0.3, -0.25) is 4.98 Å². The molecule has 1 aromatic heterocycles. The number of carbonyl (C=O) groups excluding carboxylic acids is 1. The van der Waals surface area contributed by atoms with E-state index in [1.54, 1.807) is 54.6 Å². The van der Waals surface area contributed by atoms with E-state index in [2.05, 4.69) is 9.71 Å². The van der Waals surface area contributed by atoms with Crippen molar-refractivity contribution >= 4 is 26.9 Å². The number of para-hydroxylation sites is 1. The van der Waals surface area contributed by atoms with Crippen LogP contribution in [-0.4, -0.2) is 25.4 Å². The number of carboxylic acid groups (broad SMARTS) is 1. The number of hydrogen-bond donors (Lipinski definition) is 1. The van der Waals surface area contributed by atoms with Crippen LogP contribution in [0.2, 0.25) is 0 Å². The van der Waals surface area contributed by atoms with Gasteiger partial charge < -0.3 is 9.90 Å². The minimum atomic E-state index is -4.08. The fourth-order valence-corrected chi connectivity index (χ4v) is 3.93. The summed E-state index contributed by atoms with van der Waals surface area (Å²) >= 11 is 0. The highest BCUT2D eigenvalue weighted by molar-refractivity contribution is 7.89. The molecule has 7 heteroatoms. The van der Waals surface area contributed by atoms with Gasteiger partial charge in [0, 0.05) is 11.6 Å². The summed E-state index contributed by atoms with van der Waals surface area (Å²) in [5.41, 5.74) is 0.977. The third-order valence-corrected chi connectivity index (χ3v) is 5.25. The summed E-state index contributed by atoms with van der Waals surface area (Å²) in [7, 11) is -4.08. The van der Waals surface area contributed by atoms with Gasteiger partial charge in [0.15, 0.2) is 0 Å². The van der Waals surface area contributed by atoms with Gasteiger partial charge in [-0.15, -0.1) is 0 Å². The van der Waals surface area contributed by atoms with Crippen LogP contribution in [0.15, 0.2) is 71.8 Å². The first-order valence-corrected chi connectivity index (χ1v) is 9.06. The molecule has 2 aromatic carbocycles. The Hall–Kier alpha value is -2.77. The lowest BCUT2D eigenvalue weighted by Gasteiger charge is -2.20. The van der Waals surface area contributed by atoms with Crippen molar-refractivity contribution in [3.8, 4) is 0 Å². The molecule has 1 heterocycles. The normalized spacial score (nSPS) is 12.8. The van der Waals surface area contributed by atoms with E-state index in [9.17, 15) is 18.3 Å². The SMILES string of the molecule is O=C([O-])C(Cc1ccccc1)NS(=O)(=O)c1cccc2cccnc12. The number of nitrogens with zero attached hydrogens (tertiary/aromatic N) is 1. The number of aromatic nitrogens is 1. The Morgan fingerprint density at radius 1 is 1.04 bits per heavy atom. The van der Waals surface area contributed by atoms with Gasteiger partial charge in [-0.1, -0.05) is 48.5 Å². The summed E-state index contributed by atoms with van der Waals surface area (Å²) in [5.74, 6) is -1.49. The Morgan fingerprint density at radius 3 is 2.48 bits per heavy atom. The number of aliphatic carboxylic acids is 1. The van der Waals surface area contributed by atoms with Crippen molar-refractivity contribution in [3.63, 3.8) is 0 Å². The van der Waals surface area contributed by atoms with Crippen molar-refractivity contribution in [1.29, 1.82) is 0 Å². The number of carboxylic acids is 1. The highest BCUT2D eigenvalue weighted by Crippen LogP contribution is 2.21. The first-order valence-electron chi connectivity index (χ1n) is 7.58. The van der Waals surface area contributed by atoms with Crippen molar-refractivity contribution in [2.75, 3.05) is 0 Å². The second-order valence-electron chi connectivity index (χ2n) is 5.51. The third-order valence-electron chi connectivity index (χ3n) is 3.75. The van der Waals surface area contributed by atoms with Crippen LogP contribution in [0, 0.1) is 0 Å². The maximum absolute atomic E-state index is 12.7. The van der Waals surface area contributed by atoms with Gasteiger partial charge in [0.05, 0.1) is 17.5 Å². The first kappa shape index (κ1) is 17.1. The number of benzene rings is 2. The number of sulfonamides is 1. The predicted octanol–water partition coefficient (Wildman–Crippen LogP) is 0.874. The highest BCUT2D eigenvalue weighted by atomic mass is 32.2. The van der Waals surface area contributed by atoms with E-state index in [-0.39, 0.29) is 16.8 Å². The van der Waals surface area contributed by atoms with E-state index in [0.717, 1.165) is 0 Å². The topological polar surface area (TPSA) is 99.2 Å². The second kappa shape index (κ2) is 7.00. The average molecular weight is 355 g/mol. The molecule has 0 amide bonds. The molecule has 3 rings (SSSR count).